The number of hydrogen-bond acceptors (Lipinski definition) is 2. The first kappa shape index (κ1) is 16.7. The summed E-state index contributed by atoms with van der Waals surface area (Å²) < 4.78 is 0. The van der Waals surface area contributed by atoms with Crippen LogP contribution in [0.15, 0.2) is 60.9 Å². The van der Waals surface area contributed by atoms with Gasteiger partial charge in [-0.15, -0.1) is 0 Å². The van der Waals surface area contributed by atoms with E-state index >= 15 is 0 Å². The number of para-hydroxylation sites is 1. The third kappa shape index (κ3) is 2.86. The SMILES string of the molecule is CC(C)c1cncc2cc(-c3ccc4cccc(C(C)C)c4n3)ccc12. The molecule has 0 spiro atoms. The second kappa shape index (κ2) is 6.53. The van der Waals surface area contributed by atoms with Gasteiger partial charge in [0.2, 0.25) is 0 Å². The predicted octanol–water partition coefficient (Wildman–Crippen LogP) is 6.70. The minimum absolute atomic E-state index is 0.454. The Morgan fingerprint density at radius 3 is 2.31 bits per heavy atom. The molecule has 0 saturated heterocycles. The van der Waals surface area contributed by atoms with Crippen LogP contribution in [0.4, 0.5) is 0 Å². The van der Waals surface area contributed by atoms with Crippen LogP contribution >= 0.6 is 0 Å². The number of aromatic nitrogens is 2. The minimum atomic E-state index is 0.454. The highest BCUT2D eigenvalue weighted by atomic mass is 14.7. The molecular weight excluding hydrogens is 316 g/mol. The third-order valence-electron chi connectivity index (χ3n) is 5.08. The van der Waals surface area contributed by atoms with E-state index in [9.17, 15) is 0 Å². The maximum atomic E-state index is 5.01. The van der Waals surface area contributed by atoms with Crippen molar-refractivity contribution in [2.75, 3.05) is 0 Å². The molecule has 0 saturated carbocycles. The molecule has 2 nitrogen and oxygen atoms in total. The van der Waals surface area contributed by atoms with Crippen molar-refractivity contribution < 1.29 is 0 Å². The first-order valence-corrected chi connectivity index (χ1v) is 9.32. The van der Waals surface area contributed by atoms with E-state index in [1.54, 1.807) is 0 Å². The smallest absolute Gasteiger partial charge is 0.0744 e. The molecule has 4 rings (SSSR count). The highest BCUT2D eigenvalue weighted by molar-refractivity contribution is 5.90. The van der Waals surface area contributed by atoms with E-state index in [-0.39, 0.29) is 0 Å². The molecule has 0 aliphatic heterocycles. The number of pyridine rings is 2. The number of hydrogen-bond donors (Lipinski definition) is 0. The quantitative estimate of drug-likeness (QED) is 0.415. The van der Waals surface area contributed by atoms with Gasteiger partial charge in [0, 0.05) is 28.7 Å². The molecule has 2 heterocycles. The highest BCUT2D eigenvalue weighted by Crippen LogP contribution is 2.30. The van der Waals surface area contributed by atoms with Crippen LogP contribution in [0.5, 0.6) is 0 Å². The fourth-order valence-corrected chi connectivity index (χ4v) is 3.62. The molecule has 0 aliphatic rings. The maximum Gasteiger partial charge on any atom is 0.0744 e. The molecule has 0 N–H and O–H groups in total. The topological polar surface area (TPSA) is 25.8 Å². The van der Waals surface area contributed by atoms with Gasteiger partial charge in [0.1, 0.15) is 0 Å². The van der Waals surface area contributed by atoms with E-state index in [2.05, 4.69) is 81.2 Å². The lowest BCUT2D eigenvalue weighted by Gasteiger charge is -2.12. The van der Waals surface area contributed by atoms with Crippen LogP contribution < -0.4 is 0 Å². The Labute approximate surface area is 154 Å². The molecule has 0 atom stereocenters. The Hall–Kier alpha value is -2.74. The zero-order valence-electron chi connectivity index (χ0n) is 15.8. The molecule has 0 aliphatic carbocycles. The monoisotopic (exact) mass is 340 g/mol. The van der Waals surface area contributed by atoms with E-state index < -0.39 is 0 Å². The number of rotatable bonds is 3. The lowest BCUT2D eigenvalue weighted by molar-refractivity contribution is 0.869. The Morgan fingerprint density at radius 1 is 0.731 bits per heavy atom. The number of nitrogens with zero attached hydrogens (tertiary/aromatic N) is 2. The fourth-order valence-electron chi connectivity index (χ4n) is 3.62. The summed E-state index contributed by atoms with van der Waals surface area (Å²) in [5.74, 6) is 0.917. The Bertz CT molecular complexity index is 1090. The first-order chi connectivity index (χ1) is 12.5. The molecule has 26 heavy (non-hydrogen) atoms. The van der Waals surface area contributed by atoms with Crippen molar-refractivity contribution in [3.8, 4) is 11.3 Å². The Balaban J connectivity index is 1.88. The zero-order valence-corrected chi connectivity index (χ0v) is 15.8. The molecule has 0 radical (unpaired) electrons. The second-order valence-electron chi connectivity index (χ2n) is 7.59. The number of benzene rings is 2. The second-order valence-corrected chi connectivity index (χ2v) is 7.59. The van der Waals surface area contributed by atoms with Crippen molar-refractivity contribution in [2.24, 2.45) is 0 Å². The van der Waals surface area contributed by atoms with Gasteiger partial charge < -0.3 is 0 Å². The molecule has 2 aromatic carbocycles. The van der Waals surface area contributed by atoms with Gasteiger partial charge >= 0.3 is 0 Å². The third-order valence-corrected chi connectivity index (χ3v) is 5.08. The summed E-state index contributed by atoms with van der Waals surface area (Å²) in [6.45, 7) is 8.86. The molecule has 2 aromatic heterocycles. The highest BCUT2D eigenvalue weighted by Gasteiger charge is 2.10. The molecule has 4 aromatic rings. The van der Waals surface area contributed by atoms with Gasteiger partial charge in [-0.3, -0.25) is 4.98 Å². The summed E-state index contributed by atoms with van der Waals surface area (Å²) in [4.78, 5) is 9.45. The summed E-state index contributed by atoms with van der Waals surface area (Å²) >= 11 is 0. The van der Waals surface area contributed by atoms with Gasteiger partial charge in [0.05, 0.1) is 11.2 Å². The van der Waals surface area contributed by atoms with Crippen LogP contribution in [0.25, 0.3) is 32.9 Å². The van der Waals surface area contributed by atoms with Gasteiger partial charge in [-0.2, -0.15) is 0 Å². The fraction of sp³-hybridized carbons (Fsp3) is 0.250. The molecule has 2 heteroatoms. The molecule has 0 unspecified atom stereocenters. The van der Waals surface area contributed by atoms with Crippen LogP contribution in [-0.2, 0) is 0 Å². The molecule has 0 fully saturated rings. The normalized spacial score (nSPS) is 11.8. The van der Waals surface area contributed by atoms with Crippen LogP contribution in [-0.4, -0.2) is 9.97 Å². The molecule has 130 valence electrons. The van der Waals surface area contributed by atoms with Gasteiger partial charge in [-0.05, 0) is 40.5 Å². The summed E-state index contributed by atoms with van der Waals surface area (Å²) in [6, 6.07) is 17.3. The average molecular weight is 340 g/mol. The Morgan fingerprint density at radius 2 is 1.54 bits per heavy atom. The summed E-state index contributed by atoms with van der Waals surface area (Å²) in [5, 5.41) is 3.65. The van der Waals surface area contributed by atoms with Gasteiger partial charge in [-0.25, -0.2) is 4.98 Å². The Kier molecular flexibility index (Phi) is 4.20. The van der Waals surface area contributed by atoms with Crippen molar-refractivity contribution >= 4 is 21.7 Å². The molecular formula is C24H24N2. The van der Waals surface area contributed by atoms with E-state index in [0.29, 0.717) is 11.8 Å². The van der Waals surface area contributed by atoms with Crippen LogP contribution in [0, 0.1) is 0 Å². The summed E-state index contributed by atoms with van der Waals surface area (Å²) in [5.41, 5.74) is 5.86. The van der Waals surface area contributed by atoms with E-state index in [1.807, 2.05) is 12.4 Å². The van der Waals surface area contributed by atoms with Crippen molar-refractivity contribution in [1.29, 1.82) is 0 Å². The zero-order chi connectivity index (χ0) is 18.3. The average Bonchev–Trinajstić information content (AvgIpc) is 2.65. The predicted molar refractivity (Wildman–Crippen MR) is 111 cm³/mol. The van der Waals surface area contributed by atoms with Crippen molar-refractivity contribution in [3.63, 3.8) is 0 Å². The van der Waals surface area contributed by atoms with Crippen LogP contribution in [0.1, 0.15) is 50.7 Å². The van der Waals surface area contributed by atoms with Crippen LogP contribution in [0.2, 0.25) is 0 Å². The summed E-state index contributed by atoms with van der Waals surface area (Å²) in [6.07, 6.45) is 3.93. The van der Waals surface area contributed by atoms with Gasteiger partial charge in [0.25, 0.3) is 0 Å². The summed E-state index contributed by atoms with van der Waals surface area (Å²) in [7, 11) is 0. The van der Waals surface area contributed by atoms with Crippen molar-refractivity contribution in [2.45, 2.75) is 39.5 Å². The van der Waals surface area contributed by atoms with E-state index in [4.69, 9.17) is 4.98 Å². The van der Waals surface area contributed by atoms with E-state index in [1.165, 1.54) is 27.3 Å². The molecule has 0 bridgehead atoms. The standard InChI is InChI=1S/C24H24N2/c1-15(2)20-7-5-6-17-9-11-23(26-24(17)20)18-8-10-21-19(12-18)13-25-14-22(21)16(3)4/h5-16H,1-4H3. The lowest BCUT2D eigenvalue weighted by Crippen LogP contribution is -1.94. The minimum Gasteiger partial charge on any atom is -0.264 e. The largest absolute Gasteiger partial charge is 0.264 e. The lowest BCUT2D eigenvalue weighted by atomic mass is 9.96. The molecule has 0 amide bonds. The number of fused-ring (bicyclic) bond motifs is 2. The van der Waals surface area contributed by atoms with Crippen molar-refractivity contribution in [1.82, 2.24) is 9.97 Å². The van der Waals surface area contributed by atoms with Gasteiger partial charge in [-0.1, -0.05) is 64.1 Å². The van der Waals surface area contributed by atoms with E-state index in [0.717, 1.165) is 16.8 Å². The van der Waals surface area contributed by atoms with Crippen LogP contribution in [0.3, 0.4) is 0 Å². The maximum absolute atomic E-state index is 5.01. The van der Waals surface area contributed by atoms with Crippen molar-refractivity contribution in [3.05, 3.63) is 72.1 Å². The van der Waals surface area contributed by atoms with Gasteiger partial charge in [0.15, 0.2) is 0 Å². The first-order valence-electron chi connectivity index (χ1n) is 9.32.